The number of amides is 2. The number of thiophene rings is 2. The Hall–Kier alpha value is -3.69. The van der Waals surface area contributed by atoms with E-state index in [1.54, 1.807) is 9.80 Å². The van der Waals surface area contributed by atoms with Crippen LogP contribution in [-0.2, 0) is 14.4 Å². The number of carboxylic acids is 2. The Morgan fingerprint density at radius 3 is 1.31 bits per heavy atom. The largest absolute Gasteiger partial charge is 0.477 e. The molecule has 2 aromatic heterocycles. The van der Waals surface area contributed by atoms with Gasteiger partial charge in [0, 0.05) is 46.5 Å². The molecule has 2 heterocycles. The van der Waals surface area contributed by atoms with Gasteiger partial charge in [0.1, 0.15) is 15.5 Å². The fraction of sp³-hybridized carbons (Fsp3) is 0.660. The molecule has 1 atom stereocenters. The number of anilines is 2. The molecule has 2 aromatic rings. The molecule has 5 N–H and O–H groups in total. The summed E-state index contributed by atoms with van der Waals surface area (Å²) in [6.07, 6.45) is 19.1. The smallest absolute Gasteiger partial charge is 0.348 e. The lowest BCUT2D eigenvalue weighted by molar-refractivity contribution is -0.125. The van der Waals surface area contributed by atoms with E-state index < -0.39 is 11.9 Å². The number of aliphatic hydroxyl groups excluding tert-OH is 3. The van der Waals surface area contributed by atoms with Crippen molar-refractivity contribution >= 4 is 74.7 Å². The van der Waals surface area contributed by atoms with Crippen molar-refractivity contribution in [3.05, 3.63) is 43.8 Å². The highest BCUT2D eigenvalue weighted by Gasteiger charge is 2.39. The van der Waals surface area contributed by atoms with E-state index in [9.17, 15) is 49.5 Å². The van der Waals surface area contributed by atoms with Gasteiger partial charge in [0.15, 0.2) is 0 Å². The molecule has 0 aliphatic heterocycles. The number of carbonyl (C=O) groups is 5. The Kier molecular flexibility index (Phi) is 16.4. The molecule has 350 valence electrons. The van der Waals surface area contributed by atoms with Gasteiger partial charge in [-0.2, -0.15) is 0 Å². The van der Waals surface area contributed by atoms with Crippen molar-refractivity contribution in [2.45, 2.75) is 186 Å². The van der Waals surface area contributed by atoms with Gasteiger partial charge in [-0.3, -0.25) is 14.4 Å². The van der Waals surface area contributed by atoms with E-state index in [4.69, 9.17) is 0 Å². The molecule has 12 nitrogen and oxygen atoms in total. The monoisotopic (exact) mass is 920 g/mol. The molecule has 4 fully saturated rings. The van der Waals surface area contributed by atoms with Crippen LogP contribution in [0.25, 0.3) is 11.1 Å². The summed E-state index contributed by atoms with van der Waals surface area (Å²) in [5.41, 5.74) is 3.09. The molecule has 2 amide bonds. The summed E-state index contributed by atoms with van der Waals surface area (Å²) in [7, 11) is 0. The lowest BCUT2D eigenvalue weighted by Gasteiger charge is -2.38. The number of nitrogens with zero attached hydrogens (tertiary/aromatic N) is 2. The van der Waals surface area contributed by atoms with Crippen LogP contribution in [0.1, 0.15) is 184 Å². The molecule has 64 heavy (non-hydrogen) atoms. The van der Waals surface area contributed by atoms with Crippen LogP contribution in [0.4, 0.5) is 11.4 Å². The first-order chi connectivity index (χ1) is 30.7. The topological polar surface area (TPSA) is 193 Å². The van der Waals surface area contributed by atoms with Crippen molar-refractivity contribution < 1.29 is 49.5 Å². The zero-order valence-corrected chi connectivity index (χ0v) is 39.2. The second-order valence-electron chi connectivity index (χ2n) is 19.6. The van der Waals surface area contributed by atoms with Crippen molar-refractivity contribution in [3.63, 3.8) is 0 Å². The van der Waals surface area contributed by atoms with Crippen molar-refractivity contribution in [2.24, 2.45) is 23.7 Å². The molecular formula is C50H68N2O10S2. The Balaban J connectivity index is 0.000000191. The van der Waals surface area contributed by atoms with Gasteiger partial charge in [0.25, 0.3) is 0 Å². The number of hydrogen-bond acceptors (Lipinski definition) is 10. The fourth-order valence-electron chi connectivity index (χ4n) is 10.8. The summed E-state index contributed by atoms with van der Waals surface area (Å²) in [4.78, 5) is 69.4. The van der Waals surface area contributed by atoms with E-state index in [-0.39, 0.29) is 69.6 Å². The number of Topliss-reactive ketones (excluding diaryl/α,β-unsaturated/α-hetero) is 1. The number of ketones is 1. The van der Waals surface area contributed by atoms with E-state index in [0.29, 0.717) is 113 Å². The first-order valence-electron chi connectivity index (χ1n) is 24.0. The maximum Gasteiger partial charge on any atom is 0.348 e. The van der Waals surface area contributed by atoms with E-state index in [0.717, 1.165) is 72.3 Å². The van der Waals surface area contributed by atoms with Crippen molar-refractivity contribution in [3.8, 4) is 0 Å². The Bertz CT molecular complexity index is 2060. The fourth-order valence-corrected chi connectivity index (χ4v) is 12.9. The molecular weight excluding hydrogens is 853 g/mol. The number of aliphatic hydroxyl groups is 3. The molecule has 0 radical (unpaired) electrons. The first kappa shape index (κ1) is 48.2. The van der Waals surface area contributed by atoms with Gasteiger partial charge in [-0.25, -0.2) is 9.59 Å². The van der Waals surface area contributed by atoms with Crippen LogP contribution < -0.4 is 9.80 Å². The molecule has 1 unspecified atom stereocenters. The van der Waals surface area contributed by atoms with E-state index in [2.05, 4.69) is 13.8 Å². The quantitative estimate of drug-likeness (QED) is 0.153. The van der Waals surface area contributed by atoms with Crippen molar-refractivity contribution in [2.75, 3.05) is 9.80 Å². The molecule has 14 heteroatoms. The zero-order valence-electron chi connectivity index (χ0n) is 37.6. The number of carboxylic acid groups (broad SMARTS) is 2. The van der Waals surface area contributed by atoms with Crippen molar-refractivity contribution in [1.29, 1.82) is 0 Å². The van der Waals surface area contributed by atoms with Gasteiger partial charge < -0.3 is 35.3 Å². The molecule has 0 aromatic carbocycles. The summed E-state index contributed by atoms with van der Waals surface area (Å²) in [5.74, 6) is -0.604. The van der Waals surface area contributed by atoms with Gasteiger partial charge >= 0.3 is 11.9 Å². The highest BCUT2D eigenvalue weighted by Crippen LogP contribution is 2.44. The third-order valence-corrected chi connectivity index (χ3v) is 17.2. The predicted octanol–water partition coefficient (Wildman–Crippen LogP) is 9.88. The van der Waals surface area contributed by atoms with Gasteiger partial charge in [0.05, 0.1) is 29.7 Å². The number of carbonyl (C=O) groups excluding carboxylic acids is 3. The third kappa shape index (κ3) is 11.6. The molecule has 6 aliphatic rings. The summed E-state index contributed by atoms with van der Waals surface area (Å²) in [6, 6.07) is 3.59. The Labute approximate surface area is 385 Å². The molecule has 0 bridgehead atoms. The second-order valence-corrected chi connectivity index (χ2v) is 21.7. The Morgan fingerprint density at radius 1 is 0.531 bits per heavy atom. The number of allylic oxidation sites excluding steroid dienone is 3. The molecule has 0 spiro atoms. The number of rotatable bonds is 10. The van der Waals surface area contributed by atoms with Gasteiger partial charge in [0.2, 0.25) is 11.8 Å². The lowest BCUT2D eigenvalue weighted by Crippen LogP contribution is -2.47. The van der Waals surface area contributed by atoms with E-state index in [1.807, 2.05) is 24.3 Å². The molecule has 8 rings (SSSR count). The third-order valence-electron chi connectivity index (χ3n) is 14.9. The highest BCUT2D eigenvalue weighted by atomic mass is 32.1. The minimum atomic E-state index is -1.02. The van der Waals surface area contributed by atoms with Crippen LogP contribution in [0.3, 0.4) is 0 Å². The normalized spacial score (nSPS) is 30.0. The second kappa shape index (κ2) is 21.7. The van der Waals surface area contributed by atoms with Crippen LogP contribution in [0, 0.1) is 23.7 Å². The van der Waals surface area contributed by atoms with Crippen LogP contribution in [0.5, 0.6) is 0 Å². The molecule has 6 aliphatic carbocycles. The maximum absolute atomic E-state index is 13.8. The average molecular weight is 921 g/mol. The molecule has 0 saturated heterocycles. The number of aromatic carboxylic acids is 2. The molecule has 4 saturated carbocycles. The standard InChI is InChI=1S/C25H35NO5S.C25H33NO5S/c2*1-15-2-4-17(5-3-15)24(29)26(18-8-12-20(28)13-9-18)21-14-22(32-23(21)25(30)31)16-6-10-19(27)11-7-16/h6,14-15,17-20,27-28H,2-5,7-13H2,1H3,(H,30,31);6,14-15,17-18,20,28H,2-5,7-13H2,1H3,(H,30,31). The van der Waals surface area contributed by atoms with Crippen LogP contribution in [-0.4, -0.2) is 85.5 Å². The van der Waals surface area contributed by atoms with Crippen LogP contribution in [0.2, 0.25) is 0 Å². The van der Waals surface area contributed by atoms with E-state index in [1.165, 1.54) is 22.7 Å². The SMILES string of the molecule is CC1CCC(C(=O)N(c2cc(C3=CCC(=O)CC3)sc2C(=O)O)C2CCC(O)CC2)CC1.CC1CCC(C(=O)N(c2cc(C3=CCC(O)CC3)sc2C(=O)O)C2CCC(O)CC2)CC1. The Morgan fingerprint density at radius 2 is 0.953 bits per heavy atom. The van der Waals surface area contributed by atoms with Crippen molar-refractivity contribution in [1.82, 2.24) is 0 Å². The minimum absolute atomic E-state index is 0.0398. The summed E-state index contributed by atoms with van der Waals surface area (Å²) >= 11 is 2.45. The number of hydrogen-bond donors (Lipinski definition) is 5. The summed E-state index contributed by atoms with van der Waals surface area (Å²) < 4.78 is 0. The zero-order chi connectivity index (χ0) is 45.7. The van der Waals surface area contributed by atoms with Crippen LogP contribution >= 0.6 is 22.7 Å². The predicted molar refractivity (Wildman–Crippen MR) is 251 cm³/mol. The summed E-state index contributed by atoms with van der Waals surface area (Å²) in [6.45, 7) is 4.45. The highest BCUT2D eigenvalue weighted by molar-refractivity contribution is 7.16. The average Bonchev–Trinajstić information content (AvgIpc) is 3.93. The maximum atomic E-state index is 13.8. The van der Waals surface area contributed by atoms with Crippen LogP contribution in [0.15, 0.2) is 24.3 Å². The van der Waals surface area contributed by atoms with Gasteiger partial charge in [-0.1, -0.05) is 26.0 Å². The van der Waals surface area contributed by atoms with Gasteiger partial charge in [-0.15, -0.1) is 22.7 Å². The minimum Gasteiger partial charge on any atom is -0.477 e. The first-order valence-corrected chi connectivity index (χ1v) is 25.6. The lowest BCUT2D eigenvalue weighted by atomic mass is 9.81. The van der Waals surface area contributed by atoms with Gasteiger partial charge in [-0.05, 0) is 164 Å². The summed E-state index contributed by atoms with van der Waals surface area (Å²) in [5, 5.41) is 49.8. The van der Waals surface area contributed by atoms with E-state index >= 15 is 0 Å².